The molecule has 0 aliphatic heterocycles. The van der Waals surface area contributed by atoms with Crippen LogP contribution >= 0.6 is 11.6 Å². The molecular weight excluding hydrogens is 192 g/mol. The lowest BCUT2D eigenvalue weighted by molar-refractivity contribution is 0.794. The van der Waals surface area contributed by atoms with Crippen LogP contribution in [0.1, 0.15) is 49.1 Å². The van der Waals surface area contributed by atoms with Gasteiger partial charge in [-0.15, -0.1) is 11.6 Å². The van der Waals surface area contributed by atoms with Crippen LogP contribution in [0.15, 0.2) is 24.3 Å². The Bertz CT molecular complexity index is 296. The second-order valence-corrected chi connectivity index (χ2v) is 5.03. The van der Waals surface area contributed by atoms with Gasteiger partial charge in [-0.05, 0) is 35.8 Å². The van der Waals surface area contributed by atoms with Gasteiger partial charge in [-0.2, -0.15) is 0 Å². The zero-order valence-electron chi connectivity index (χ0n) is 8.83. The van der Waals surface area contributed by atoms with Gasteiger partial charge in [-0.3, -0.25) is 0 Å². The molecule has 1 aromatic rings. The Morgan fingerprint density at radius 1 is 1.07 bits per heavy atom. The van der Waals surface area contributed by atoms with Gasteiger partial charge in [0.05, 0.1) is 5.38 Å². The molecule has 1 aliphatic carbocycles. The summed E-state index contributed by atoms with van der Waals surface area (Å²) in [6.45, 7) is 4.43. The largest absolute Gasteiger partial charge is 0.118 e. The van der Waals surface area contributed by atoms with Crippen molar-refractivity contribution in [2.75, 3.05) is 0 Å². The summed E-state index contributed by atoms with van der Waals surface area (Å²) in [6.07, 6.45) is 2.61. The summed E-state index contributed by atoms with van der Waals surface area (Å²) in [5.41, 5.74) is 2.69. The summed E-state index contributed by atoms with van der Waals surface area (Å²) in [7, 11) is 0. The predicted octanol–water partition coefficient (Wildman–Crippen LogP) is 4.50. The Hall–Kier alpha value is -0.490. The number of alkyl halides is 1. The number of halogens is 1. The third-order valence-corrected chi connectivity index (χ3v) is 3.57. The molecule has 2 rings (SSSR count). The van der Waals surface area contributed by atoms with Crippen LogP contribution in [0.4, 0.5) is 0 Å². The van der Waals surface area contributed by atoms with Gasteiger partial charge in [0, 0.05) is 0 Å². The Labute approximate surface area is 91.3 Å². The first-order valence-electron chi connectivity index (χ1n) is 5.42. The van der Waals surface area contributed by atoms with Gasteiger partial charge in [0.2, 0.25) is 0 Å². The van der Waals surface area contributed by atoms with Crippen LogP contribution in [0, 0.1) is 5.92 Å². The quantitative estimate of drug-likeness (QED) is 0.642. The van der Waals surface area contributed by atoms with Crippen LogP contribution in [-0.2, 0) is 0 Å². The number of hydrogen-bond donors (Lipinski definition) is 0. The highest BCUT2D eigenvalue weighted by Crippen LogP contribution is 2.45. The van der Waals surface area contributed by atoms with Crippen molar-refractivity contribution in [1.82, 2.24) is 0 Å². The Morgan fingerprint density at radius 3 is 2.00 bits per heavy atom. The minimum absolute atomic E-state index is 0.246. The minimum Gasteiger partial charge on any atom is -0.118 e. The van der Waals surface area contributed by atoms with Gasteiger partial charge in [0.25, 0.3) is 0 Å². The number of benzene rings is 1. The second kappa shape index (κ2) is 3.94. The molecule has 0 amide bonds. The van der Waals surface area contributed by atoms with Crippen LogP contribution in [0.3, 0.4) is 0 Å². The van der Waals surface area contributed by atoms with E-state index < -0.39 is 0 Å². The fraction of sp³-hybridized carbons (Fsp3) is 0.538. The van der Waals surface area contributed by atoms with E-state index in [4.69, 9.17) is 11.6 Å². The molecule has 0 heterocycles. The molecule has 1 heteroatoms. The lowest BCUT2D eigenvalue weighted by Gasteiger charge is -2.10. The van der Waals surface area contributed by atoms with Crippen molar-refractivity contribution in [2.24, 2.45) is 5.92 Å². The SMILES string of the molecule is CC(C)c1ccc(C(Cl)C2CC2)cc1. The topological polar surface area (TPSA) is 0 Å². The van der Waals surface area contributed by atoms with Gasteiger partial charge in [0.15, 0.2) is 0 Å². The molecule has 0 bridgehead atoms. The van der Waals surface area contributed by atoms with E-state index in [-0.39, 0.29) is 5.38 Å². The zero-order valence-corrected chi connectivity index (χ0v) is 9.59. The van der Waals surface area contributed by atoms with E-state index in [0.29, 0.717) is 5.92 Å². The Morgan fingerprint density at radius 2 is 1.57 bits per heavy atom. The molecule has 0 saturated heterocycles. The molecule has 0 radical (unpaired) electrons. The third kappa shape index (κ3) is 2.12. The zero-order chi connectivity index (χ0) is 10.1. The molecule has 76 valence electrons. The first kappa shape index (κ1) is 10.0. The maximum atomic E-state index is 6.34. The molecule has 1 saturated carbocycles. The van der Waals surface area contributed by atoms with Crippen molar-refractivity contribution < 1.29 is 0 Å². The summed E-state index contributed by atoms with van der Waals surface area (Å²) in [5, 5.41) is 0.246. The van der Waals surface area contributed by atoms with Gasteiger partial charge in [-0.1, -0.05) is 38.1 Å². The van der Waals surface area contributed by atoms with Crippen molar-refractivity contribution in [3.63, 3.8) is 0 Å². The van der Waals surface area contributed by atoms with Crippen molar-refractivity contribution in [2.45, 2.75) is 38.0 Å². The van der Waals surface area contributed by atoms with Gasteiger partial charge >= 0.3 is 0 Å². The van der Waals surface area contributed by atoms with Crippen molar-refractivity contribution in [3.8, 4) is 0 Å². The van der Waals surface area contributed by atoms with E-state index in [1.807, 2.05) is 0 Å². The molecule has 0 spiro atoms. The van der Waals surface area contributed by atoms with Crippen LogP contribution in [-0.4, -0.2) is 0 Å². The molecule has 1 atom stereocenters. The van der Waals surface area contributed by atoms with Gasteiger partial charge in [-0.25, -0.2) is 0 Å². The van der Waals surface area contributed by atoms with Crippen LogP contribution in [0.5, 0.6) is 0 Å². The van der Waals surface area contributed by atoms with Gasteiger partial charge in [0.1, 0.15) is 0 Å². The summed E-state index contributed by atoms with van der Waals surface area (Å²) in [5.74, 6) is 1.35. The molecule has 14 heavy (non-hydrogen) atoms. The first-order chi connectivity index (χ1) is 6.68. The average molecular weight is 209 g/mol. The smallest absolute Gasteiger partial charge is 0.0613 e. The molecular formula is C13H17Cl. The normalized spacial score (nSPS) is 18.6. The fourth-order valence-electron chi connectivity index (χ4n) is 1.73. The number of hydrogen-bond acceptors (Lipinski definition) is 0. The van der Waals surface area contributed by atoms with Crippen LogP contribution < -0.4 is 0 Å². The molecule has 1 fully saturated rings. The summed E-state index contributed by atoms with van der Waals surface area (Å²) in [6, 6.07) is 8.78. The molecule has 1 aliphatic rings. The Balaban J connectivity index is 2.12. The molecule has 0 N–H and O–H groups in total. The van der Waals surface area contributed by atoms with E-state index in [1.165, 1.54) is 24.0 Å². The minimum atomic E-state index is 0.246. The van der Waals surface area contributed by atoms with E-state index in [9.17, 15) is 0 Å². The third-order valence-electron chi connectivity index (χ3n) is 2.96. The summed E-state index contributed by atoms with van der Waals surface area (Å²) < 4.78 is 0. The lowest BCUT2D eigenvalue weighted by Crippen LogP contribution is -1.94. The maximum absolute atomic E-state index is 6.34. The predicted molar refractivity (Wildman–Crippen MR) is 61.8 cm³/mol. The molecule has 0 nitrogen and oxygen atoms in total. The monoisotopic (exact) mass is 208 g/mol. The Kier molecular flexibility index (Phi) is 2.83. The maximum Gasteiger partial charge on any atom is 0.0613 e. The number of rotatable bonds is 3. The van der Waals surface area contributed by atoms with Crippen molar-refractivity contribution in [1.29, 1.82) is 0 Å². The summed E-state index contributed by atoms with van der Waals surface area (Å²) >= 11 is 6.34. The van der Waals surface area contributed by atoms with E-state index in [2.05, 4.69) is 38.1 Å². The standard InChI is InChI=1S/C13H17Cl/c1-9(2)10-3-5-11(6-4-10)13(14)12-7-8-12/h3-6,9,12-13H,7-8H2,1-2H3. The second-order valence-electron chi connectivity index (χ2n) is 4.56. The highest BCUT2D eigenvalue weighted by atomic mass is 35.5. The van der Waals surface area contributed by atoms with Crippen molar-refractivity contribution in [3.05, 3.63) is 35.4 Å². The summed E-state index contributed by atoms with van der Waals surface area (Å²) in [4.78, 5) is 0. The van der Waals surface area contributed by atoms with Gasteiger partial charge < -0.3 is 0 Å². The van der Waals surface area contributed by atoms with Crippen molar-refractivity contribution >= 4 is 11.6 Å². The highest BCUT2D eigenvalue weighted by molar-refractivity contribution is 6.21. The van der Waals surface area contributed by atoms with E-state index >= 15 is 0 Å². The highest BCUT2D eigenvalue weighted by Gasteiger charge is 2.30. The molecule has 0 aromatic heterocycles. The first-order valence-corrected chi connectivity index (χ1v) is 5.86. The molecule has 1 aromatic carbocycles. The van der Waals surface area contributed by atoms with E-state index in [0.717, 1.165) is 5.92 Å². The van der Waals surface area contributed by atoms with E-state index in [1.54, 1.807) is 0 Å². The average Bonchev–Trinajstić information content (AvgIpc) is 3.00. The molecule has 1 unspecified atom stereocenters. The lowest BCUT2D eigenvalue weighted by atomic mass is 10.00. The van der Waals surface area contributed by atoms with Crippen LogP contribution in [0.2, 0.25) is 0 Å². The van der Waals surface area contributed by atoms with Crippen LogP contribution in [0.25, 0.3) is 0 Å². The fourth-order valence-corrected chi connectivity index (χ4v) is 2.12.